The zero-order valence-corrected chi connectivity index (χ0v) is 15.7. The highest BCUT2D eigenvalue weighted by Gasteiger charge is 2.37. The van der Waals surface area contributed by atoms with Gasteiger partial charge in [0.15, 0.2) is 23.0 Å². The van der Waals surface area contributed by atoms with Crippen LogP contribution in [0, 0.1) is 0 Å². The lowest BCUT2D eigenvalue weighted by Crippen LogP contribution is -2.39. The van der Waals surface area contributed by atoms with Gasteiger partial charge < -0.3 is 24.3 Å². The van der Waals surface area contributed by atoms with Crippen molar-refractivity contribution in [2.45, 2.75) is 31.1 Å². The van der Waals surface area contributed by atoms with Gasteiger partial charge in [-0.1, -0.05) is 18.9 Å². The van der Waals surface area contributed by atoms with Gasteiger partial charge in [-0.3, -0.25) is 4.79 Å². The lowest BCUT2D eigenvalue weighted by molar-refractivity contribution is 0.0942. The fourth-order valence-corrected chi connectivity index (χ4v) is 4.38. The van der Waals surface area contributed by atoms with Crippen molar-refractivity contribution < 1.29 is 23.7 Å². The Hall–Kier alpha value is -2.89. The molecule has 28 heavy (non-hydrogen) atoms. The minimum Gasteiger partial charge on any atom is -0.486 e. The Labute approximate surface area is 163 Å². The molecule has 2 aromatic rings. The molecule has 1 amide bonds. The Kier molecular flexibility index (Phi) is 4.26. The van der Waals surface area contributed by atoms with Gasteiger partial charge in [0.25, 0.3) is 5.91 Å². The zero-order chi connectivity index (χ0) is 19.0. The van der Waals surface area contributed by atoms with Crippen molar-refractivity contribution in [3.8, 4) is 23.0 Å². The maximum atomic E-state index is 12.8. The molecule has 1 aliphatic carbocycles. The molecule has 6 heteroatoms. The van der Waals surface area contributed by atoms with Crippen LogP contribution in [-0.2, 0) is 5.41 Å². The van der Waals surface area contributed by atoms with Crippen LogP contribution >= 0.6 is 0 Å². The third-order valence-electron chi connectivity index (χ3n) is 5.94. The van der Waals surface area contributed by atoms with Crippen LogP contribution in [0.3, 0.4) is 0 Å². The normalized spacial score (nSPS) is 18.7. The molecule has 2 aliphatic heterocycles. The van der Waals surface area contributed by atoms with Crippen molar-refractivity contribution in [2.75, 3.05) is 26.6 Å². The quantitative estimate of drug-likeness (QED) is 0.879. The molecular weight excluding hydrogens is 358 g/mol. The molecule has 5 rings (SSSR count). The van der Waals surface area contributed by atoms with Gasteiger partial charge in [-0.05, 0) is 48.7 Å². The molecule has 146 valence electrons. The largest absolute Gasteiger partial charge is 0.486 e. The van der Waals surface area contributed by atoms with E-state index in [0.29, 0.717) is 36.8 Å². The number of nitrogens with one attached hydrogen (secondary N) is 1. The number of amides is 1. The highest BCUT2D eigenvalue weighted by molar-refractivity contribution is 5.95. The second-order valence-electron chi connectivity index (χ2n) is 7.60. The molecule has 0 aromatic heterocycles. The number of hydrogen-bond donors (Lipinski definition) is 1. The van der Waals surface area contributed by atoms with Crippen LogP contribution in [0.15, 0.2) is 36.4 Å². The number of ether oxygens (including phenoxy) is 4. The summed E-state index contributed by atoms with van der Waals surface area (Å²) in [6.45, 7) is 1.96. The first-order chi connectivity index (χ1) is 13.7. The van der Waals surface area contributed by atoms with Crippen molar-refractivity contribution in [2.24, 2.45) is 0 Å². The lowest BCUT2D eigenvalue weighted by atomic mass is 9.78. The number of carbonyl (C=O) groups is 1. The van der Waals surface area contributed by atoms with E-state index in [0.717, 1.165) is 37.2 Å². The molecule has 6 nitrogen and oxygen atoms in total. The Morgan fingerprint density at radius 1 is 0.857 bits per heavy atom. The van der Waals surface area contributed by atoms with E-state index in [2.05, 4.69) is 17.4 Å². The first kappa shape index (κ1) is 17.2. The minimum absolute atomic E-state index is 0.0676. The molecule has 1 N–H and O–H groups in total. The highest BCUT2D eigenvalue weighted by Crippen LogP contribution is 2.44. The third-order valence-corrected chi connectivity index (χ3v) is 5.94. The molecule has 0 spiro atoms. The molecule has 2 heterocycles. The lowest BCUT2D eigenvalue weighted by Gasteiger charge is -2.31. The standard InChI is InChI=1S/C22H23NO5/c24-21(15-3-5-18-19(11-15)28-14-27-18)23-13-22(7-1-2-8-22)16-4-6-17-20(12-16)26-10-9-25-17/h3-6,11-12H,1-2,7-10,13-14H2,(H,23,24). The molecular formula is C22H23NO5. The maximum absolute atomic E-state index is 12.8. The average Bonchev–Trinajstić information content (AvgIpc) is 3.41. The van der Waals surface area contributed by atoms with E-state index in [1.807, 2.05) is 6.07 Å². The van der Waals surface area contributed by atoms with E-state index >= 15 is 0 Å². The summed E-state index contributed by atoms with van der Waals surface area (Å²) >= 11 is 0. The van der Waals surface area contributed by atoms with Crippen LogP contribution in [0.1, 0.15) is 41.6 Å². The number of benzene rings is 2. The molecule has 1 fully saturated rings. The van der Waals surface area contributed by atoms with Gasteiger partial charge in [0.05, 0.1) is 0 Å². The van der Waals surface area contributed by atoms with Gasteiger partial charge >= 0.3 is 0 Å². The van der Waals surface area contributed by atoms with E-state index in [1.165, 1.54) is 5.56 Å². The van der Waals surface area contributed by atoms with Gasteiger partial charge in [0.2, 0.25) is 6.79 Å². The Bertz CT molecular complexity index is 904. The molecule has 0 atom stereocenters. The highest BCUT2D eigenvalue weighted by atomic mass is 16.7. The molecule has 0 saturated heterocycles. The topological polar surface area (TPSA) is 66.0 Å². The van der Waals surface area contributed by atoms with E-state index in [9.17, 15) is 4.79 Å². The fourth-order valence-electron chi connectivity index (χ4n) is 4.38. The van der Waals surface area contributed by atoms with Crippen LogP contribution in [0.4, 0.5) is 0 Å². The Balaban J connectivity index is 1.35. The number of hydrogen-bond acceptors (Lipinski definition) is 5. The summed E-state index contributed by atoms with van der Waals surface area (Å²) in [7, 11) is 0. The van der Waals surface area contributed by atoms with Crippen LogP contribution in [0.5, 0.6) is 23.0 Å². The van der Waals surface area contributed by atoms with Gasteiger partial charge in [-0.2, -0.15) is 0 Å². The Morgan fingerprint density at radius 2 is 1.54 bits per heavy atom. The zero-order valence-electron chi connectivity index (χ0n) is 15.7. The summed E-state index contributed by atoms with van der Waals surface area (Å²) in [4.78, 5) is 12.8. The first-order valence-electron chi connectivity index (χ1n) is 9.82. The molecule has 1 saturated carbocycles. The predicted octanol–water partition coefficient (Wildman–Crippen LogP) is 3.43. The van der Waals surface area contributed by atoms with Gasteiger partial charge in [-0.25, -0.2) is 0 Å². The maximum Gasteiger partial charge on any atom is 0.251 e. The van der Waals surface area contributed by atoms with Crippen LogP contribution in [0.2, 0.25) is 0 Å². The summed E-state index contributed by atoms with van der Waals surface area (Å²) in [5.41, 5.74) is 1.72. The smallest absolute Gasteiger partial charge is 0.251 e. The van der Waals surface area contributed by atoms with Crippen molar-refractivity contribution in [1.29, 1.82) is 0 Å². The second-order valence-corrected chi connectivity index (χ2v) is 7.60. The summed E-state index contributed by atoms with van der Waals surface area (Å²) in [5, 5.41) is 3.14. The average molecular weight is 381 g/mol. The first-order valence-corrected chi connectivity index (χ1v) is 9.82. The predicted molar refractivity (Wildman–Crippen MR) is 102 cm³/mol. The minimum atomic E-state index is -0.0953. The van der Waals surface area contributed by atoms with Crippen LogP contribution in [0.25, 0.3) is 0 Å². The second kappa shape index (κ2) is 6.93. The van der Waals surface area contributed by atoms with Gasteiger partial charge in [-0.15, -0.1) is 0 Å². The van der Waals surface area contributed by atoms with E-state index in [-0.39, 0.29) is 18.1 Å². The van der Waals surface area contributed by atoms with E-state index < -0.39 is 0 Å². The molecule has 0 radical (unpaired) electrons. The van der Waals surface area contributed by atoms with E-state index in [1.54, 1.807) is 18.2 Å². The Morgan fingerprint density at radius 3 is 2.39 bits per heavy atom. The third kappa shape index (κ3) is 3.03. The molecule has 2 aromatic carbocycles. The number of fused-ring (bicyclic) bond motifs is 2. The summed E-state index contributed by atoms with van der Waals surface area (Å²) in [6.07, 6.45) is 4.42. The van der Waals surface area contributed by atoms with Gasteiger partial charge in [0, 0.05) is 17.5 Å². The number of carbonyl (C=O) groups excluding carboxylic acids is 1. The summed E-state index contributed by atoms with van der Waals surface area (Å²) in [6, 6.07) is 11.5. The van der Waals surface area contributed by atoms with Crippen molar-refractivity contribution >= 4 is 5.91 Å². The summed E-state index contributed by atoms with van der Waals surface area (Å²) < 4.78 is 22.1. The SMILES string of the molecule is O=C(NCC1(c2ccc3c(c2)OCCO3)CCCC1)c1ccc2c(c1)OCO2. The van der Waals surface area contributed by atoms with Crippen molar-refractivity contribution in [3.63, 3.8) is 0 Å². The molecule has 3 aliphatic rings. The van der Waals surface area contributed by atoms with Crippen LogP contribution in [-0.4, -0.2) is 32.5 Å². The van der Waals surface area contributed by atoms with Crippen molar-refractivity contribution in [3.05, 3.63) is 47.5 Å². The van der Waals surface area contributed by atoms with Crippen molar-refractivity contribution in [1.82, 2.24) is 5.32 Å². The molecule has 0 bridgehead atoms. The van der Waals surface area contributed by atoms with Crippen LogP contribution < -0.4 is 24.3 Å². The fraction of sp³-hybridized carbons (Fsp3) is 0.409. The molecule has 0 unspecified atom stereocenters. The number of rotatable bonds is 4. The monoisotopic (exact) mass is 381 g/mol. The van der Waals surface area contributed by atoms with Gasteiger partial charge in [0.1, 0.15) is 13.2 Å². The van der Waals surface area contributed by atoms with E-state index in [4.69, 9.17) is 18.9 Å². The summed E-state index contributed by atoms with van der Waals surface area (Å²) in [5.74, 6) is 2.81.